The highest BCUT2D eigenvalue weighted by molar-refractivity contribution is 5.81. The highest BCUT2D eigenvalue weighted by atomic mass is 19.1. The van der Waals surface area contributed by atoms with Gasteiger partial charge in [0.1, 0.15) is 11.9 Å². The predicted octanol–water partition coefficient (Wildman–Crippen LogP) is 2.32. The average molecular weight is 295 g/mol. The Morgan fingerprint density at radius 1 is 1.43 bits per heavy atom. The van der Waals surface area contributed by atoms with E-state index in [9.17, 15) is 14.3 Å². The van der Waals surface area contributed by atoms with Gasteiger partial charge in [-0.1, -0.05) is 12.1 Å². The number of nitrogens with one attached hydrogen (secondary N) is 1. The molecule has 0 spiro atoms. The zero-order chi connectivity index (χ0) is 15.4. The summed E-state index contributed by atoms with van der Waals surface area (Å²) in [6, 6.07) is 5.55. The number of hydrogen-bond acceptors (Lipinski definition) is 3. The monoisotopic (exact) mass is 295 g/mol. The van der Waals surface area contributed by atoms with Gasteiger partial charge >= 0.3 is 0 Å². The van der Waals surface area contributed by atoms with Crippen molar-refractivity contribution >= 4 is 5.91 Å². The van der Waals surface area contributed by atoms with E-state index in [1.165, 1.54) is 12.1 Å². The van der Waals surface area contributed by atoms with Crippen LogP contribution < -0.4 is 5.32 Å². The van der Waals surface area contributed by atoms with Crippen LogP contribution in [0, 0.1) is 5.82 Å². The van der Waals surface area contributed by atoms with E-state index in [1.807, 2.05) is 13.8 Å². The second-order valence-electron chi connectivity index (χ2n) is 5.73. The lowest BCUT2D eigenvalue weighted by atomic mass is 10.0. The van der Waals surface area contributed by atoms with E-state index in [1.54, 1.807) is 12.1 Å². The summed E-state index contributed by atoms with van der Waals surface area (Å²) in [4.78, 5) is 12.0. The zero-order valence-corrected chi connectivity index (χ0v) is 12.4. The number of aliphatic hydroxyl groups excluding tert-OH is 1. The third-order valence-electron chi connectivity index (χ3n) is 3.74. The first kappa shape index (κ1) is 15.9. The van der Waals surface area contributed by atoms with E-state index in [-0.39, 0.29) is 30.0 Å². The topological polar surface area (TPSA) is 58.6 Å². The van der Waals surface area contributed by atoms with Crippen molar-refractivity contribution in [3.05, 3.63) is 35.6 Å². The minimum absolute atomic E-state index is 0.126. The maximum atomic E-state index is 12.8. The number of carbonyl (C=O) groups excluding carboxylic acids is 1. The first-order valence-electron chi connectivity index (χ1n) is 7.35. The van der Waals surface area contributed by atoms with Gasteiger partial charge < -0.3 is 15.2 Å². The Morgan fingerprint density at radius 3 is 2.67 bits per heavy atom. The summed E-state index contributed by atoms with van der Waals surface area (Å²) >= 11 is 0. The molecule has 0 bridgehead atoms. The van der Waals surface area contributed by atoms with E-state index < -0.39 is 6.10 Å². The van der Waals surface area contributed by atoms with Gasteiger partial charge in [0.05, 0.1) is 12.2 Å². The largest absolute Gasteiger partial charge is 0.388 e. The Labute approximate surface area is 124 Å². The number of rotatable bonds is 5. The van der Waals surface area contributed by atoms with Gasteiger partial charge in [-0.15, -0.1) is 0 Å². The third kappa shape index (κ3) is 4.51. The van der Waals surface area contributed by atoms with Crippen molar-refractivity contribution in [1.29, 1.82) is 0 Å². The quantitative estimate of drug-likeness (QED) is 0.876. The van der Waals surface area contributed by atoms with Crippen LogP contribution in [0.5, 0.6) is 0 Å². The van der Waals surface area contributed by atoms with Crippen molar-refractivity contribution in [1.82, 2.24) is 5.32 Å². The first-order chi connectivity index (χ1) is 9.95. The van der Waals surface area contributed by atoms with E-state index in [2.05, 4.69) is 5.32 Å². The van der Waals surface area contributed by atoms with E-state index in [0.717, 1.165) is 12.8 Å². The van der Waals surface area contributed by atoms with E-state index in [0.29, 0.717) is 12.0 Å². The zero-order valence-electron chi connectivity index (χ0n) is 12.4. The van der Waals surface area contributed by atoms with Gasteiger partial charge in [-0.25, -0.2) is 4.39 Å². The lowest BCUT2D eigenvalue weighted by Crippen LogP contribution is -2.40. The molecule has 0 aromatic heterocycles. The lowest BCUT2D eigenvalue weighted by molar-refractivity contribution is -0.132. The maximum absolute atomic E-state index is 12.8. The van der Waals surface area contributed by atoms with Gasteiger partial charge in [-0.05, 0) is 50.8 Å². The van der Waals surface area contributed by atoms with Gasteiger partial charge in [0, 0.05) is 6.04 Å². The molecule has 4 unspecified atom stereocenters. The summed E-state index contributed by atoms with van der Waals surface area (Å²) in [6.07, 6.45) is 1.01. The summed E-state index contributed by atoms with van der Waals surface area (Å²) in [5.74, 6) is -0.460. The smallest absolute Gasteiger partial charge is 0.249 e. The molecular formula is C16H22FNO3. The van der Waals surface area contributed by atoms with Crippen LogP contribution in [0.15, 0.2) is 24.3 Å². The molecule has 0 aliphatic carbocycles. The minimum Gasteiger partial charge on any atom is -0.388 e. The SMILES string of the molecule is CC(CC(O)c1ccc(F)cc1)NC(=O)C1CCC(C)O1. The second-order valence-corrected chi connectivity index (χ2v) is 5.73. The summed E-state index contributed by atoms with van der Waals surface area (Å²) in [6.45, 7) is 3.79. The van der Waals surface area contributed by atoms with Crippen LogP contribution in [0.1, 0.15) is 44.8 Å². The van der Waals surface area contributed by atoms with Crippen LogP contribution >= 0.6 is 0 Å². The molecule has 5 heteroatoms. The van der Waals surface area contributed by atoms with Gasteiger partial charge in [-0.3, -0.25) is 4.79 Å². The number of carbonyl (C=O) groups is 1. The van der Waals surface area contributed by atoms with Crippen LogP contribution in [0.25, 0.3) is 0 Å². The van der Waals surface area contributed by atoms with E-state index >= 15 is 0 Å². The molecule has 1 fully saturated rings. The molecule has 1 aromatic rings. The number of ether oxygens (including phenoxy) is 1. The summed E-state index contributed by atoms with van der Waals surface area (Å²) in [7, 11) is 0. The van der Waals surface area contributed by atoms with E-state index in [4.69, 9.17) is 4.74 Å². The lowest BCUT2D eigenvalue weighted by Gasteiger charge is -2.20. The highest BCUT2D eigenvalue weighted by Crippen LogP contribution is 2.21. The molecule has 1 aromatic carbocycles. The third-order valence-corrected chi connectivity index (χ3v) is 3.74. The molecule has 1 saturated heterocycles. The number of halogens is 1. The molecule has 1 heterocycles. The van der Waals surface area contributed by atoms with Crippen LogP contribution in [-0.4, -0.2) is 29.3 Å². The fraction of sp³-hybridized carbons (Fsp3) is 0.562. The van der Waals surface area contributed by atoms with Gasteiger partial charge in [0.25, 0.3) is 0 Å². The Bertz CT molecular complexity index is 477. The average Bonchev–Trinajstić information content (AvgIpc) is 2.86. The van der Waals surface area contributed by atoms with Crippen molar-refractivity contribution < 1.29 is 19.0 Å². The van der Waals surface area contributed by atoms with Crippen LogP contribution in [0.3, 0.4) is 0 Å². The molecule has 116 valence electrons. The summed E-state index contributed by atoms with van der Waals surface area (Å²) in [5, 5.41) is 13.0. The molecule has 4 nitrogen and oxygen atoms in total. The maximum Gasteiger partial charge on any atom is 0.249 e. The molecule has 1 amide bonds. The van der Waals surface area contributed by atoms with Crippen molar-refractivity contribution in [2.45, 2.75) is 57.5 Å². The summed E-state index contributed by atoms with van der Waals surface area (Å²) in [5.41, 5.74) is 0.642. The molecule has 1 aliphatic heterocycles. The molecule has 2 N–H and O–H groups in total. The van der Waals surface area contributed by atoms with Crippen molar-refractivity contribution in [2.24, 2.45) is 0 Å². The standard InChI is InChI=1S/C16H22FNO3/c1-10(18-16(20)15-8-3-11(2)21-15)9-14(19)12-4-6-13(17)7-5-12/h4-7,10-11,14-15,19H,3,8-9H2,1-2H3,(H,18,20). The van der Waals surface area contributed by atoms with Crippen LogP contribution in [0.2, 0.25) is 0 Å². The Hall–Kier alpha value is -1.46. The van der Waals surface area contributed by atoms with Gasteiger partial charge in [0.2, 0.25) is 5.91 Å². The number of hydrogen-bond donors (Lipinski definition) is 2. The molecule has 21 heavy (non-hydrogen) atoms. The number of amides is 1. The van der Waals surface area contributed by atoms with Crippen LogP contribution in [-0.2, 0) is 9.53 Å². The normalized spacial score (nSPS) is 24.6. The van der Waals surface area contributed by atoms with Gasteiger partial charge in [-0.2, -0.15) is 0 Å². The second kappa shape index (κ2) is 7.00. The molecular weight excluding hydrogens is 273 g/mol. The molecule has 0 saturated carbocycles. The van der Waals surface area contributed by atoms with Crippen LogP contribution in [0.4, 0.5) is 4.39 Å². The molecule has 4 atom stereocenters. The van der Waals surface area contributed by atoms with Gasteiger partial charge in [0.15, 0.2) is 0 Å². The molecule has 1 aliphatic rings. The number of aliphatic hydroxyl groups is 1. The Morgan fingerprint density at radius 2 is 2.10 bits per heavy atom. The Kier molecular flexibility index (Phi) is 5.31. The minimum atomic E-state index is -0.732. The highest BCUT2D eigenvalue weighted by Gasteiger charge is 2.29. The number of benzene rings is 1. The fourth-order valence-corrected chi connectivity index (χ4v) is 2.55. The summed E-state index contributed by atoms with van der Waals surface area (Å²) < 4.78 is 18.3. The molecule has 2 rings (SSSR count). The first-order valence-corrected chi connectivity index (χ1v) is 7.35. The van der Waals surface area contributed by atoms with Crippen molar-refractivity contribution in [2.75, 3.05) is 0 Å². The predicted molar refractivity (Wildman–Crippen MR) is 77.2 cm³/mol. The Balaban J connectivity index is 1.82. The molecule has 0 radical (unpaired) electrons. The van der Waals surface area contributed by atoms with Crippen molar-refractivity contribution in [3.8, 4) is 0 Å². The fourth-order valence-electron chi connectivity index (χ4n) is 2.55. The van der Waals surface area contributed by atoms with Crippen molar-refractivity contribution in [3.63, 3.8) is 0 Å².